The number of hydrogen-bond acceptors (Lipinski definition) is 1. The Morgan fingerprint density at radius 2 is 1.19 bits per heavy atom. The van der Waals surface area contributed by atoms with Crippen LogP contribution in [0.15, 0.2) is 36.4 Å². The van der Waals surface area contributed by atoms with Crippen LogP contribution in [-0.4, -0.2) is 4.98 Å². The van der Waals surface area contributed by atoms with Crippen LogP contribution < -0.4 is 0 Å². The average Bonchev–Trinajstić information content (AvgIpc) is 2.17. The number of hydrogen-bond donors (Lipinski definition) is 0. The molecule has 0 saturated carbocycles. The Morgan fingerprint density at radius 3 is 1.44 bits per heavy atom. The lowest BCUT2D eigenvalue weighted by Crippen LogP contribution is -1.81. The highest BCUT2D eigenvalue weighted by atomic mass is 31.0. The van der Waals surface area contributed by atoms with Crippen LogP contribution in [0.1, 0.15) is 22.0 Å². The van der Waals surface area contributed by atoms with Gasteiger partial charge in [-0.25, -0.2) is 0 Å². The van der Waals surface area contributed by atoms with Crippen molar-refractivity contribution in [3.8, 4) is 0 Å². The zero-order valence-corrected chi connectivity index (χ0v) is 11.3. The van der Waals surface area contributed by atoms with Crippen molar-refractivity contribution in [2.75, 3.05) is 0 Å². The van der Waals surface area contributed by atoms with Crippen LogP contribution >= 0.6 is 8.19 Å². The predicted molar refractivity (Wildman–Crippen MR) is 72.1 cm³/mol. The van der Waals surface area contributed by atoms with E-state index in [0.29, 0.717) is 0 Å². The highest BCUT2D eigenvalue weighted by Gasteiger charge is 1.82. The number of nitrogens with zero attached hydrogens (tertiary/aromatic N) is 1. The van der Waals surface area contributed by atoms with Gasteiger partial charge in [-0.15, -0.1) is 0 Å². The standard InChI is InChI=1S/C7H9N.C7H9P/c2*1-6-4-3-5-7(2)8-6/h2*3-5H,1-2H3. The molecule has 0 N–H and O–H groups in total. The molecule has 0 saturated heterocycles. The summed E-state index contributed by atoms with van der Waals surface area (Å²) in [6.07, 6.45) is 0. The van der Waals surface area contributed by atoms with E-state index >= 15 is 0 Å². The Hall–Kier alpha value is -1.20. The van der Waals surface area contributed by atoms with Crippen molar-refractivity contribution < 1.29 is 0 Å². The van der Waals surface area contributed by atoms with Crippen molar-refractivity contribution in [3.05, 3.63) is 58.4 Å². The minimum absolute atomic E-state index is 1.09. The molecule has 16 heavy (non-hydrogen) atoms. The van der Waals surface area contributed by atoms with Crippen LogP contribution in [0.2, 0.25) is 0 Å². The quantitative estimate of drug-likeness (QED) is 0.646. The lowest BCUT2D eigenvalue weighted by molar-refractivity contribution is 1.12. The van der Waals surface area contributed by atoms with Crippen molar-refractivity contribution >= 4 is 8.19 Å². The smallest absolute Gasteiger partial charge is 0.0375 e. The molecule has 0 radical (unpaired) electrons. The van der Waals surface area contributed by atoms with Crippen LogP contribution in [0.25, 0.3) is 0 Å². The molecule has 0 aromatic carbocycles. The maximum absolute atomic E-state index is 4.17. The molecule has 1 nitrogen and oxygen atoms in total. The second kappa shape index (κ2) is 6.40. The van der Waals surface area contributed by atoms with Gasteiger partial charge in [0.1, 0.15) is 0 Å². The summed E-state index contributed by atoms with van der Waals surface area (Å²) in [7, 11) is 1.39. The second-order valence-electron chi connectivity index (χ2n) is 3.84. The predicted octanol–water partition coefficient (Wildman–Crippen LogP) is 4.58. The third-order valence-electron chi connectivity index (χ3n) is 2.06. The number of aryl methyl sites for hydroxylation is 4. The van der Waals surface area contributed by atoms with Crippen molar-refractivity contribution in [2.24, 2.45) is 0 Å². The molecule has 2 rings (SSSR count). The van der Waals surface area contributed by atoms with E-state index in [9.17, 15) is 0 Å². The molecular formula is C14H18NP. The molecule has 2 heteroatoms. The molecule has 84 valence electrons. The molecule has 0 unspecified atom stereocenters. The molecule has 0 fully saturated rings. The first-order chi connectivity index (χ1) is 7.58. The monoisotopic (exact) mass is 231 g/mol. The molecule has 0 atom stereocenters. The average molecular weight is 231 g/mol. The summed E-state index contributed by atoms with van der Waals surface area (Å²) in [5, 5.41) is 2.87. The normalized spacial score (nSPS) is 9.25. The fourth-order valence-corrected chi connectivity index (χ4v) is 2.24. The first kappa shape index (κ1) is 12.9. The Bertz CT molecular complexity index is 374. The zero-order valence-electron chi connectivity index (χ0n) is 10.4. The molecule has 0 spiro atoms. The molecule has 0 bridgehead atoms. The third-order valence-corrected chi connectivity index (χ3v) is 3.06. The molecule has 0 aliphatic carbocycles. The summed E-state index contributed by atoms with van der Waals surface area (Å²) < 4.78 is 0. The minimum atomic E-state index is 1.09. The van der Waals surface area contributed by atoms with E-state index in [-0.39, 0.29) is 0 Å². The second-order valence-corrected chi connectivity index (χ2v) is 5.48. The van der Waals surface area contributed by atoms with Crippen LogP contribution in [0.3, 0.4) is 0 Å². The SMILES string of the molecule is Cc1cccc(C)n1.Cc1cccc(C)p1. The van der Waals surface area contributed by atoms with Crippen LogP contribution in [-0.2, 0) is 0 Å². The topological polar surface area (TPSA) is 12.9 Å². The fourth-order valence-electron chi connectivity index (χ4n) is 1.36. The number of pyridine rings is 1. The van der Waals surface area contributed by atoms with Gasteiger partial charge in [0.25, 0.3) is 0 Å². The molecule has 2 aromatic rings. The van der Waals surface area contributed by atoms with Crippen molar-refractivity contribution in [1.82, 2.24) is 4.98 Å². The summed E-state index contributed by atoms with van der Waals surface area (Å²) in [5.41, 5.74) is 2.18. The summed E-state index contributed by atoms with van der Waals surface area (Å²) in [5.74, 6) is 0. The van der Waals surface area contributed by atoms with E-state index in [0.717, 1.165) is 11.4 Å². The lowest BCUT2D eigenvalue weighted by atomic mass is 10.3. The molecule has 0 amide bonds. The van der Waals surface area contributed by atoms with Crippen molar-refractivity contribution in [3.63, 3.8) is 0 Å². The number of rotatable bonds is 0. The summed E-state index contributed by atoms with van der Waals surface area (Å²) in [6, 6.07) is 12.4. The van der Waals surface area contributed by atoms with Crippen LogP contribution in [0, 0.1) is 27.7 Å². The van der Waals surface area contributed by atoms with E-state index < -0.39 is 0 Å². The van der Waals surface area contributed by atoms with Gasteiger partial charge in [-0.3, -0.25) is 4.98 Å². The molecular weight excluding hydrogens is 213 g/mol. The maximum Gasteiger partial charge on any atom is 0.0375 e. The summed E-state index contributed by atoms with van der Waals surface area (Å²) in [6.45, 7) is 8.28. The molecule has 0 aliphatic heterocycles. The van der Waals surface area contributed by atoms with Crippen LogP contribution in [0.4, 0.5) is 0 Å². The molecule has 2 heterocycles. The first-order valence-electron chi connectivity index (χ1n) is 5.38. The Morgan fingerprint density at radius 1 is 0.750 bits per heavy atom. The number of aromatic nitrogens is 1. The summed E-state index contributed by atoms with van der Waals surface area (Å²) >= 11 is 0. The van der Waals surface area contributed by atoms with Gasteiger partial charge < -0.3 is 0 Å². The Kier molecular flexibility index (Phi) is 5.14. The van der Waals surface area contributed by atoms with Gasteiger partial charge >= 0.3 is 0 Å². The van der Waals surface area contributed by atoms with Crippen molar-refractivity contribution in [2.45, 2.75) is 27.7 Å². The van der Waals surface area contributed by atoms with Gasteiger partial charge in [-0.2, -0.15) is 0 Å². The third kappa shape index (κ3) is 5.04. The Balaban J connectivity index is 0.000000160. The van der Waals surface area contributed by atoms with Crippen LogP contribution in [0.5, 0.6) is 0 Å². The maximum atomic E-state index is 4.17. The highest BCUT2D eigenvalue weighted by Crippen LogP contribution is 2.16. The lowest BCUT2D eigenvalue weighted by Gasteiger charge is -1.90. The van der Waals surface area contributed by atoms with Gasteiger partial charge in [0.15, 0.2) is 0 Å². The van der Waals surface area contributed by atoms with Gasteiger partial charge in [0.2, 0.25) is 0 Å². The molecule has 0 aliphatic rings. The van der Waals surface area contributed by atoms with Gasteiger partial charge in [0.05, 0.1) is 0 Å². The van der Waals surface area contributed by atoms with E-state index in [2.05, 4.69) is 37.0 Å². The van der Waals surface area contributed by atoms with E-state index in [1.165, 1.54) is 18.8 Å². The largest absolute Gasteiger partial charge is 0.258 e. The minimum Gasteiger partial charge on any atom is -0.258 e. The zero-order chi connectivity index (χ0) is 12.0. The van der Waals surface area contributed by atoms with E-state index in [1.54, 1.807) is 0 Å². The van der Waals surface area contributed by atoms with Gasteiger partial charge in [-0.1, -0.05) is 32.5 Å². The van der Waals surface area contributed by atoms with E-state index in [1.807, 2.05) is 32.0 Å². The molecule has 2 aromatic heterocycles. The van der Waals surface area contributed by atoms with Gasteiger partial charge in [-0.05, 0) is 50.4 Å². The summed E-state index contributed by atoms with van der Waals surface area (Å²) in [4.78, 5) is 4.17. The highest BCUT2D eigenvalue weighted by molar-refractivity contribution is 7.31. The van der Waals surface area contributed by atoms with E-state index in [4.69, 9.17) is 0 Å². The fraction of sp³-hybridized carbons (Fsp3) is 0.286. The van der Waals surface area contributed by atoms with Gasteiger partial charge in [0, 0.05) is 11.4 Å². The van der Waals surface area contributed by atoms with Crippen molar-refractivity contribution in [1.29, 1.82) is 0 Å². The first-order valence-corrected chi connectivity index (χ1v) is 6.28. The Labute approximate surface area is 99.7 Å².